The first-order valence-corrected chi connectivity index (χ1v) is 8.40. The minimum Gasteiger partial charge on any atom is -0.354 e. The van der Waals surface area contributed by atoms with E-state index in [0.717, 1.165) is 37.6 Å². The zero-order chi connectivity index (χ0) is 17.1. The second-order valence-electron chi connectivity index (χ2n) is 6.59. The summed E-state index contributed by atoms with van der Waals surface area (Å²) in [6.45, 7) is 5.90. The average molecular weight is 328 g/mol. The molecule has 0 radical (unpaired) electrons. The van der Waals surface area contributed by atoms with Gasteiger partial charge in [-0.2, -0.15) is 5.10 Å². The number of aryl methyl sites for hydroxylation is 1. The summed E-state index contributed by atoms with van der Waals surface area (Å²) >= 11 is 0. The molecule has 7 heteroatoms. The molecule has 0 spiro atoms. The predicted molar refractivity (Wildman–Crippen MR) is 92.0 cm³/mol. The normalized spacial score (nSPS) is 18.0. The van der Waals surface area contributed by atoms with E-state index in [0.29, 0.717) is 11.5 Å². The maximum absolute atomic E-state index is 12.3. The van der Waals surface area contributed by atoms with Crippen LogP contribution in [0.1, 0.15) is 48.8 Å². The molecular weight excluding hydrogens is 304 g/mol. The Labute approximate surface area is 142 Å². The van der Waals surface area contributed by atoms with Crippen molar-refractivity contribution in [3.8, 4) is 0 Å². The first kappa shape index (κ1) is 16.4. The van der Waals surface area contributed by atoms with Crippen LogP contribution in [0, 0.1) is 0 Å². The average Bonchev–Trinajstić information content (AvgIpc) is 3.02. The van der Waals surface area contributed by atoms with Gasteiger partial charge in [0.05, 0.1) is 11.8 Å². The number of aromatic nitrogens is 4. The maximum atomic E-state index is 12.3. The van der Waals surface area contributed by atoms with Gasteiger partial charge < -0.3 is 10.2 Å². The molecule has 1 N–H and O–H groups in total. The van der Waals surface area contributed by atoms with E-state index in [4.69, 9.17) is 0 Å². The van der Waals surface area contributed by atoms with Crippen molar-refractivity contribution in [1.82, 2.24) is 25.1 Å². The Morgan fingerprint density at radius 2 is 2.25 bits per heavy atom. The molecule has 2 aromatic rings. The van der Waals surface area contributed by atoms with Crippen LogP contribution >= 0.6 is 0 Å². The molecule has 3 heterocycles. The Morgan fingerprint density at radius 3 is 2.96 bits per heavy atom. The summed E-state index contributed by atoms with van der Waals surface area (Å²) in [5.74, 6) is 2.03. The Morgan fingerprint density at radius 1 is 1.42 bits per heavy atom. The fourth-order valence-corrected chi connectivity index (χ4v) is 2.93. The van der Waals surface area contributed by atoms with Crippen molar-refractivity contribution in [1.29, 1.82) is 0 Å². The lowest BCUT2D eigenvalue weighted by Crippen LogP contribution is -2.48. The molecule has 0 bridgehead atoms. The number of nitrogens with one attached hydrogen (secondary N) is 1. The van der Waals surface area contributed by atoms with E-state index >= 15 is 0 Å². The van der Waals surface area contributed by atoms with Crippen molar-refractivity contribution in [2.75, 3.05) is 18.0 Å². The van der Waals surface area contributed by atoms with Gasteiger partial charge in [-0.05, 0) is 18.9 Å². The van der Waals surface area contributed by atoms with Crippen LogP contribution in [0.3, 0.4) is 0 Å². The highest BCUT2D eigenvalue weighted by Gasteiger charge is 2.23. The summed E-state index contributed by atoms with van der Waals surface area (Å²) in [6.07, 6.45) is 7.14. The number of carbonyl (C=O) groups is 1. The molecule has 0 aliphatic carbocycles. The SMILES string of the molecule is CC(C)c1nccc(N2CCCC(NC(=O)c3cnn(C)c3)C2)n1. The number of hydrogen-bond acceptors (Lipinski definition) is 5. The molecule has 1 fully saturated rings. The van der Waals surface area contributed by atoms with Gasteiger partial charge in [0.15, 0.2) is 0 Å². The summed E-state index contributed by atoms with van der Waals surface area (Å²) in [5, 5.41) is 7.16. The molecule has 2 aromatic heterocycles. The Kier molecular flexibility index (Phi) is 4.78. The van der Waals surface area contributed by atoms with Gasteiger partial charge in [-0.1, -0.05) is 13.8 Å². The maximum Gasteiger partial charge on any atom is 0.254 e. The molecule has 128 valence electrons. The minimum absolute atomic E-state index is 0.0690. The van der Waals surface area contributed by atoms with Crippen molar-refractivity contribution < 1.29 is 4.79 Å². The van der Waals surface area contributed by atoms with E-state index in [1.54, 1.807) is 24.1 Å². The third kappa shape index (κ3) is 3.72. The van der Waals surface area contributed by atoms with Gasteiger partial charge in [0.2, 0.25) is 0 Å². The van der Waals surface area contributed by atoms with Gasteiger partial charge in [0.25, 0.3) is 5.91 Å². The molecular formula is C17H24N6O. The zero-order valence-electron chi connectivity index (χ0n) is 14.4. The molecule has 3 rings (SSSR count). The highest BCUT2D eigenvalue weighted by Crippen LogP contribution is 2.19. The van der Waals surface area contributed by atoms with Crippen molar-refractivity contribution in [3.05, 3.63) is 36.0 Å². The highest BCUT2D eigenvalue weighted by atomic mass is 16.1. The van der Waals surface area contributed by atoms with Crippen molar-refractivity contribution in [3.63, 3.8) is 0 Å². The van der Waals surface area contributed by atoms with Crippen molar-refractivity contribution in [2.45, 2.75) is 38.6 Å². The third-order valence-electron chi connectivity index (χ3n) is 4.22. The second-order valence-corrected chi connectivity index (χ2v) is 6.59. The summed E-state index contributed by atoms with van der Waals surface area (Å²) in [7, 11) is 1.81. The van der Waals surface area contributed by atoms with Crippen LogP contribution in [-0.2, 0) is 7.05 Å². The van der Waals surface area contributed by atoms with Gasteiger partial charge in [0.1, 0.15) is 11.6 Å². The highest BCUT2D eigenvalue weighted by molar-refractivity contribution is 5.93. The fourth-order valence-electron chi connectivity index (χ4n) is 2.93. The zero-order valence-corrected chi connectivity index (χ0v) is 14.4. The van der Waals surface area contributed by atoms with Gasteiger partial charge >= 0.3 is 0 Å². The van der Waals surface area contributed by atoms with Crippen LogP contribution < -0.4 is 10.2 Å². The van der Waals surface area contributed by atoms with Crippen LogP contribution in [0.4, 0.5) is 5.82 Å². The standard InChI is InChI=1S/C17H24N6O/c1-12(2)16-18-7-6-15(21-16)23-8-4-5-14(11-23)20-17(24)13-9-19-22(3)10-13/h6-7,9-10,12,14H,4-5,8,11H2,1-3H3,(H,20,24). The number of nitrogens with zero attached hydrogens (tertiary/aromatic N) is 5. The summed E-state index contributed by atoms with van der Waals surface area (Å²) in [5.41, 5.74) is 0.596. The fraction of sp³-hybridized carbons (Fsp3) is 0.529. The smallest absolute Gasteiger partial charge is 0.254 e. The molecule has 24 heavy (non-hydrogen) atoms. The van der Waals surface area contributed by atoms with Gasteiger partial charge in [-0.3, -0.25) is 9.48 Å². The first-order valence-electron chi connectivity index (χ1n) is 8.40. The Hall–Kier alpha value is -2.44. The minimum atomic E-state index is -0.0690. The van der Waals surface area contributed by atoms with Crippen LogP contribution in [0.15, 0.2) is 24.7 Å². The van der Waals surface area contributed by atoms with E-state index in [2.05, 4.69) is 39.1 Å². The largest absolute Gasteiger partial charge is 0.354 e. The second kappa shape index (κ2) is 6.98. The number of rotatable bonds is 4. The number of anilines is 1. The monoisotopic (exact) mass is 328 g/mol. The number of amides is 1. The quantitative estimate of drug-likeness (QED) is 0.925. The number of carbonyl (C=O) groups excluding carboxylic acids is 1. The molecule has 1 unspecified atom stereocenters. The molecule has 0 saturated carbocycles. The molecule has 1 atom stereocenters. The molecule has 0 aromatic carbocycles. The van der Waals surface area contributed by atoms with Crippen molar-refractivity contribution in [2.24, 2.45) is 7.05 Å². The van der Waals surface area contributed by atoms with E-state index in [1.807, 2.05) is 12.3 Å². The van der Waals surface area contributed by atoms with E-state index in [-0.39, 0.29) is 11.9 Å². The lowest BCUT2D eigenvalue weighted by Gasteiger charge is -2.34. The molecule has 1 aliphatic heterocycles. The topological polar surface area (TPSA) is 75.9 Å². The van der Waals surface area contributed by atoms with Gasteiger partial charge in [-0.15, -0.1) is 0 Å². The first-order chi connectivity index (χ1) is 11.5. The van der Waals surface area contributed by atoms with Crippen LogP contribution in [0.2, 0.25) is 0 Å². The Balaban J connectivity index is 1.66. The van der Waals surface area contributed by atoms with E-state index in [9.17, 15) is 4.79 Å². The van der Waals surface area contributed by atoms with Crippen molar-refractivity contribution >= 4 is 11.7 Å². The predicted octanol–water partition coefficient (Wildman–Crippen LogP) is 1.73. The summed E-state index contributed by atoms with van der Waals surface area (Å²) < 4.78 is 1.64. The van der Waals surface area contributed by atoms with Gasteiger partial charge in [-0.25, -0.2) is 9.97 Å². The summed E-state index contributed by atoms with van der Waals surface area (Å²) in [4.78, 5) is 23.5. The van der Waals surface area contributed by atoms with Crippen LogP contribution in [0.25, 0.3) is 0 Å². The van der Waals surface area contributed by atoms with Gasteiger partial charge in [0, 0.05) is 44.5 Å². The lowest BCUT2D eigenvalue weighted by atomic mass is 10.1. The third-order valence-corrected chi connectivity index (χ3v) is 4.22. The molecule has 1 aliphatic rings. The Bertz CT molecular complexity index is 711. The number of piperidine rings is 1. The van der Waals surface area contributed by atoms with Crippen LogP contribution in [-0.4, -0.2) is 44.8 Å². The summed E-state index contributed by atoms with van der Waals surface area (Å²) in [6, 6.07) is 2.06. The van der Waals surface area contributed by atoms with Crippen LogP contribution in [0.5, 0.6) is 0 Å². The molecule has 1 saturated heterocycles. The van der Waals surface area contributed by atoms with E-state index in [1.165, 1.54) is 0 Å². The number of hydrogen-bond donors (Lipinski definition) is 1. The lowest BCUT2D eigenvalue weighted by molar-refractivity contribution is 0.0933. The molecule has 1 amide bonds. The molecule has 7 nitrogen and oxygen atoms in total. The van der Waals surface area contributed by atoms with E-state index < -0.39 is 0 Å².